The first kappa shape index (κ1) is 33.0. The van der Waals surface area contributed by atoms with Gasteiger partial charge in [-0.25, -0.2) is 8.42 Å². The number of carbonyl (C=O) groups is 2. The molecule has 0 radical (unpaired) electrons. The molecule has 8 nitrogen and oxygen atoms in total. The van der Waals surface area contributed by atoms with E-state index < -0.39 is 28.1 Å². The number of hydrogen-bond acceptors (Lipinski definition) is 7. The van der Waals surface area contributed by atoms with Crippen molar-refractivity contribution >= 4 is 39.1 Å². The molecular weight excluding hydrogens is 576 g/mol. The van der Waals surface area contributed by atoms with E-state index in [2.05, 4.69) is 11.1 Å². The summed E-state index contributed by atoms with van der Waals surface area (Å²) in [5.41, 5.74) is 3.04. The quantitative estimate of drug-likeness (QED) is 0.170. The zero-order valence-corrected chi connectivity index (χ0v) is 26.0. The Morgan fingerprint density at radius 1 is 0.976 bits per heavy atom. The van der Waals surface area contributed by atoms with Crippen LogP contribution in [0.25, 0.3) is 5.57 Å². The van der Waals surface area contributed by atoms with Crippen LogP contribution < -0.4 is 0 Å². The first-order valence-corrected chi connectivity index (χ1v) is 15.4. The number of hydrogen-bond donors (Lipinski definition) is 0. The van der Waals surface area contributed by atoms with Gasteiger partial charge in [-0.3, -0.25) is 14.6 Å². The maximum Gasteiger partial charge on any atom is 0.321 e. The van der Waals surface area contributed by atoms with Crippen molar-refractivity contribution < 1.29 is 27.5 Å². The van der Waals surface area contributed by atoms with E-state index in [0.717, 1.165) is 26.6 Å². The smallest absolute Gasteiger partial charge is 0.321 e. The number of halogens is 1. The molecule has 2 aromatic carbocycles. The number of sulfonamides is 1. The minimum atomic E-state index is -3.99. The van der Waals surface area contributed by atoms with Crippen molar-refractivity contribution in [2.24, 2.45) is 0 Å². The molecule has 1 aromatic heterocycles. The van der Waals surface area contributed by atoms with E-state index in [4.69, 9.17) is 21.1 Å². The van der Waals surface area contributed by atoms with Crippen LogP contribution in [0.5, 0.6) is 0 Å². The maximum absolute atomic E-state index is 13.5. The van der Waals surface area contributed by atoms with Gasteiger partial charge in [0.15, 0.2) is 0 Å². The number of nitrogens with zero attached hydrogens (tertiary/aromatic N) is 2. The topological polar surface area (TPSA) is 103 Å². The van der Waals surface area contributed by atoms with Gasteiger partial charge in [0.05, 0.1) is 12.0 Å². The van der Waals surface area contributed by atoms with Crippen LogP contribution in [0.4, 0.5) is 0 Å². The molecule has 0 aliphatic rings. The van der Waals surface area contributed by atoms with Gasteiger partial charge in [-0.15, -0.1) is 0 Å². The van der Waals surface area contributed by atoms with Crippen LogP contribution in [0, 0.1) is 0 Å². The minimum Gasteiger partial charge on any atom is -0.469 e. The Hall–Kier alpha value is -3.53. The molecule has 3 rings (SSSR count). The van der Waals surface area contributed by atoms with Crippen LogP contribution in [0.15, 0.2) is 84.0 Å². The summed E-state index contributed by atoms with van der Waals surface area (Å²) in [6.45, 7) is 4.86. The van der Waals surface area contributed by atoms with Gasteiger partial charge < -0.3 is 9.47 Å². The van der Waals surface area contributed by atoms with Gasteiger partial charge in [0.1, 0.15) is 12.1 Å². The second-order valence-electron chi connectivity index (χ2n) is 10.7. The fraction of sp³-hybridized carbons (Fsp3) is 0.344. The van der Waals surface area contributed by atoms with Crippen molar-refractivity contribution in [1.29, 1.82) is 0 Å². The highest BCUT2D eigenvalue weighted by atomic mass is 35.5. The van der Waals surface area contributed by atoms with Crippen LogP contribution >= 0.6 is 11.6 Å². The van der Waals surface area contributed by atoms with Crippen molar-refractivity contribution in [3.8, 4) is 0 Å². The SMILES string of the molecule is COC(=O)CCC/C=C(\c1ccc(CCN(CC(=O)OC(C)(C)C)S(=O)(=O)c2ccc(Cl)cc2)cc1)c1cccnc1. The molecular formula is C32H37ClN2O6S. The zero-order chi connectivity index (χ0) is 30.8. The lowest BCUT2D eigenvalue weighted by Crippen LogP contribution is -2.39. The fourth-order valence-electron chi connectivity index (χ4n) is 4.18. The Bertz CT molecular complexity index is 1470. The van der Waals surface area contributed by atoms with Crippen LogP contribution in [0.3, 0.4) is 0 Å². The number of allylic oxidation sites excluding steroid dienone is 1. The lowest BCUT2D eigenvalue weighted by Gasteiger charge is -2.25. The van der Waals surface area contributed by atoms with Gasteiger partial charge in [-0.05, 0) is 87.1 Å². The predicted octanol–water partition coefficient (Wildman–Crippen LogP) is 6.09. The second kappa shape index (κ2) is 15.1. The monoisotopic (exact) mass is 612 g/mol. The van der Waals surface area contributed by atoms with Crippen molar-refractivity contribution in [3.63, 3.8) is 0 Å². The largest absolute Gasteiger partial charge is 0.469 e. The summed E-state index contributed by atoms with van der Waals surface area (Å²) in [7, 11) is -2.61. The molecule has 0 N–H and O–H groups in total. The van der Waals surface area contributed by atoms with E-state index in [0.29, 0.717) is 30.7 Å². The molecule has 42 heavy (non-hydrogen) atoms. The maximum atomic E-state index is 13.5. The summed E-state index contributed by atoms with van der Waals surface area (Å²) in [6.07, 6.45) is 7.63. The fourth-order valence-corrected chi connectivity index (χ4v) is 5.69. The number of carbonyl (C=O) groups excluding carboxylic acids is 2. The van der Waals surface area contributed by atoms with Gasteiger partial charge in [-0.2, -0.15) is 4.31 Å². The third-order valence-electron chi connectivity index (χ3n) is 6.23. The Labute approximate surface area is 253 Å². The Morgan fingerprint density at radius 2 is 1.67 bits per heavy atom. The van der Waals surface area contributed by atoms with Gasteiger partial charge in [0, 0.05) is 35.9 Å². The average Bonchev–Trinajstić information content (AvgIpc) is 2.95. The van der Waals surface area contributed by atoms with E-state index >= 15 is 0 Å². The Balaban J connectivity index is 1.80. The standard InChI is InChI=1S/C32H37ClN2O6S/c1-32(2,3)41-31(37)23-35(42(38,39)28-17-15-27(33)16-18-28)21-19-24-11-13-25(14-12-24)29(26-8-7-20-34-22-26)9-5-6-10-30(36)40-4/h7-9,11-18,20,22H,5-6,10,19,21,23H2,1-4H3/b29-9+. The summed E-state index contributed by atoms with van der Waals surface area (Å²) in [5, 5.41) is 0.413. The predicted molar refractivity (Wildman–Crippen MR) is 163 cm³/mol. The summed E-state index contributed by atoms with van der Waals surface area (Å²) in [6, 6.07) is 17.5. The number of esters is 2. The summed E-state index contributed by atoms with van der Waals surface area (Å²) in [4.78, 5) is 28.4. The number of benzene rings is 2. The van der Waals surface area contributed by atoms with Crippen LogP contribution in [0.1, 0.15) is 56.7 Å². The van der Waals surface area contributed by atoms with Crippen molar-refractivity contribution in [3.05, 3.63) is 101 Å². The van der Waals surface area contributed by atoms with Crippen molar-refractivity contribution in [2.45, 2.75) is 57.0 Å². The highest BCUT2D eigenvalue weighted by Crippen LogP contribution is 2.25. The lowest BCUT2D eigenvalue weighted by molar-refractivity contribution is -0.155. The number of pyridine rings is 1. The molecule has 0 spiro atoms. The first-order chi connectivity index (χ1) is 19.9. The lowest BCUT2D eigenvalue weighted by atomic mass is 9.96. The molecule has 0 saturated carbocycles. The van der Waals surface area contributed by atoms with E-state index in [1.54, 1.807) is 33.2 Å². The normalized spacial score (nSPS) is 12.3. The molecule has 0 unspecified atom stereocenters. The van der Waals surface area contributed by atoms with Gasteiger partial charge in [-0.1, -0.05) is 48.0 Å². The van der Waals surface area contributed by atoms with Crippen LogP contribution in [-0.4, -0.2) is 55.4 Å². The third kappa shape index (κ3) is 10.1. The molecule has 0 amide bonds. The molecule has 0 fully saturated rings. The molecule has 0 saturated heterocycles. The van der Waals surface area contributed by atoms with Crippen molar-refractivity contribution in [2.75, 3.05) is 20.2 Å². The number of unbranched alkanes of at least 4 members (excludes halogenated alkanes) is 1. The zero-order valence-electron chi connectivity index (χ0n) is 24.4. The molecule has 0 aliphatic carbocycles. The number of aromatic nitrogens is 1. The molecule has 1 heterocycles. The molecule has 3 aromatic rings. The summed E-state index contributed by atoms with van der Waals surface area (Å²) < 4.78 is 38.3. The van der Waals surface area contributed by atoms with E-state index in [1.165, 1.54) is 31.4 Å². The first-order valence-electron chi connectivity index (χ1n) is 13.6. The third-order valence-corrected chi connectivity index (χ3v) is 8.34. The molecule has 224 valence electrons. The number of ether oxygens (including phenoxy) is 2. The molecule has 10 heteroatoms. The van der Waals surface area contributed by atoms with Gasteiger partial charge >= 0.3 is 11.9 Å². The average molecular weight is 613 g/mol. The summed E-state index contributed by atoms with van der Waals surface area (Å²) in [5.74, 6) is -0.872. The van der Waals surface area contributed by atoms with E-state index in [1.807, 2.05) is 36.4 Å². The van der Waals surface area contributed by atoms with Crippen LogP contribution in [-0.2, 0) is 35.5 Å². The van der Waals surface area contributed by atoms with E-state index in [-0.39, 0.29) is 17.4 Å². The number of rotatable bonds is 13. The van der Waals surface area contributed by atoms with Gasteiger partial charge in [0.2, 0.25) is 10.0 Å². The van der Waals surface area contributed by atoms with Crippen LogP contribution in [0.2, 0.25) is 5.02 Å². The second-order valence-corrected chi connectivity index (χ2v) is 13.0. The Morgan fingerprint density at radius 3 is 2.26 bits per heavy atom. The van der Waals surface area contributed by atoms with Gasteiger partial charge in [0.25, 0.3) is 0 Å². The Kier molecular flexibility index (Phi) is 11.8. The molecule has 0 atom stereocenters. The van der Waals surface area contributed by atoms with E-state index in [9.17, 15) is 18.0 Å². The highest BCUT2D eigenvalue weighted by Gasteiger charge is 2.28. The molecule has 0 bridgehead atoms. The highest BCUT2D eigenvalue weighted by molar-refractivity contribution is 7.89. The summed E-state index contributed by atoms with van der Waals surface area (Å²) >= 11 is 5.96. The molecule has 0 aliphatic heterocycles. The van der Waals surface area contributed by atoms with Crippen molar-refractivity contribution in [1.82, 2.24) is 9.29 Å². The minimum absolute atomic E-state index is 0.0456. The number of methoxy groups -OCH3 is 1.